The molecule has 0 N–H and O–H groups in total. The Morgan fingerprint density at radius 3 is 2.49 bits per heavy atom. The van der Waals surface area contributed by atoms with Gasteiger partial charge in [0.2, 0.25) is 5.91 Å². The fraction of sp³-hybridized carbons (Fsp3) is 0.333. The van der Waals surface area contributed by atoms with Crippen molar-refractivity contribution in [1.82, 2.24) is 14.7 Å². The summed E-state index contributed by atoms with van der Waals surface area (Å²) >= 11 is 7.92. The van der Waals surface area contributed by atoms with Gasteiger partial charge in [-0.3, -0.25) is 14.5 Å². The zero-order valence-corrected chi connectivity index (χ0v) is 21.2. The van der Waals surface area contributed by atoms with Gasteiger partial charge in [0.25, 0.3) is 5.91 Å². The van der Waals surface area contributed by atoms with Gasteiger partial charge in [0.1, 0.15) is 5.75 Å². The van der Waals surface area contributed by atoms with Gasteiger partial charge < -0.3 is 14.5 Å². The van der Waals surface area contributed by atoms with Gasteiger partial charge >= 0.3 is 0 Å². The number of ether oxygens (including phenoxy) is 1. The van der Waals surface area contributed by atoms with E-state index in [1.165, 1.54) is 10.4 Å². The van der Waals surface area contributed by atoms with Crippen LogP contribution in [0.2, 0.25) is 5.02 Å². The largest absolute Gasteiger partial charge is 0.497 e. The van der Waals surface area contributed by atoms with Crippen LogP contribution in [0.1, 0.15) is 32.4 Å². The minimum absolute atomic E-state index is 0.0279. The number of benzene rings is 2. The predicted molar refractivity (Wildman–Crippen MR) is 138 cm³/mol. The Morgan fingerprint density at radius 2 is 1.74 bits per heavy atom. The highest BCUT2D eigenvalue weighted by molar-refractivity contribution is 7.10. The van der Waals surface area contributed by atoms with Crippen LogP contribution in [0.25, 0.3) is 0 Å². The van der Waals surface area contributed by atoms with Crippen molar-refractivity contribution < 1.29 is 14.3 Å². The van der Waals surface area contributed by atoms with Gasteiger partial charge in [-0.15, -0.1) is 11.3 Å². The molecule has 0 saturated carbocycles. The summed E-state index contributed by atoms with van der Waals surface area (Å²) in [6.45, 7) is 3.32. The summed E-state index contributed by atoms with van der Waals surface area (Å²) in [4.78, 5) is 33.6. The molecule has 1 saturated heterocycles. The SMILES string of the molecule is COc1cccc(C(=O)N2CCN(C(=O)CN3CCc4sccc4C3c3ccc(Cl)cc3)CC2)c1. The van der Waals surface area contributed by atoms with Crippen LogP contribution in [-0.2, 0) is 11.2 Å². The molecule has 0 spiro atoms. The first-order chi connectivity index (χ1) is 17.0. The van der Waals surface area contributed by atoms with Crippen molar-refractivity contribution in [3.63, 3.8) is 0 Å². The van der Waals surface area contributed by atoms with E-state index in [0.29, 0.717) is 49.1 Å². The highest BCUT2D eigenvalue weighted by Gasteiger charge is 2.33. The Labute approximate surface area is 214 Å². The number of thiophene rings is 1. The van der Waals surface area contributed by atoms with Gasteiger partial charge in [0, 0.05) is 48.2 Å². The van der Waals surface area contributed by atoms with Crippen molar-refractivity contribution in [3.05, 3.63) is 86.6 Å². The van der Waals surface area contributed by atoms with Gasteiger partial charge in [-0.25, -0.2) is 0 Å². The Balaban J connectivity index is 1.24. The molecule has 0 radical (unpaired) electrons. The van der Waals surface area contributed by atoms with Crippen molar-refractivity contribution in [1.29, 1.82) is 0 Å². The number of halogens is 1. The monoisotopic (exact) mass is 509 g/mol. The van der Waals surface area contributed by atoms with E-state index in [0.717, 1.165) is 18.5 Å². The molecule has 182 valence electrons. The van der Waals surface area contributed by atoms with Gasteiger partial charge in [0.15, 0.2) is 0 Å². The third-order valence-corrected chi connectivity index (χ3v) is 8.07. The van der Waals surface area contributed by atoms with Crippen LogP contribution in [-0.4, -0.2) is 72.9 Å². The molecule has 0 bridgehead atoms. The van der Waals surface area contributed by atoms with Crippen LogP contribution < -0.4 is 4.74 Å². The van der Waals surface area contributed by atoms with Crippen molar-refractivity contribution in [3.8, 4) is 5.75 Å². The van der Waals surface area contributed by atoms with E-state index in [1.807, 2.05) is 34.1 Å². The summed E-state index contributed by atoms with van der Waals surface area (Å²) in [5.41, 5.74) is 3.04. The maximum absolute atomic E-state index is 13.3. The molecule has 2 amide bonds. The van der Waals surface area contributed by atoms with Gasteiger partial charge in [-0.05, 0) is 59.3 Å². The number of hydrogen-bond acceptors (Lipinski definition) is 5. The molecule has 1 atom stereocenters. The molecule has 2 aliphatic heterocycles. The van der Waals surface area contributed by atoms with E-state index < -0.39 is 0 Å². The summed E-state index contributed by atoms with van der Waals surface area (Å²) in [6, 6.07) is 17.4. The molecule has 1 aromatic heterocycles. The number of piperazine rings is 1. The number of amides is 2. The summed E-state index contributed by atoms with van der Waals surface area (Å²) < 4.78 is 5.24. The van der Waals surface area contributed by atoms with E-state index >= 15 is 0 Å². The Kier molecular flexibility index (Phi) is 7.09. The summed E-state index contributed by atoms with van der Waals surface area (Å²) in [5, 5.41) is 2.84. The van der Waals surface area contributed by atoms with E-state index in [9.17, 15) is 9.59 Å². The molecule has 8 heteroatoms. The van der Waals surface area contributed by atoms with Crippen LogP contribution in [0.4, 0.5) is 0 Å². The number of methoxy groups -OCH3 is 1. The number of carbonyl (C=O) groups excluding carboxylic acids is 2. The highest BCUT2D eigenvalue weighted by atomic mass is 35.5. The number of nitrogens with zero attached hydrogens (tertiary/aromatic N) is 3. The molecule has 2 aromatic carbocycles. The minimum atomic E-state index is -0.0279. The number of rotatable bonds is 5. The molecule has 3 aromatic rings. The Hall–Kier alpha value is -2.87. The van der Waals surface area contributed by atoms with Crippen LogP contribution in [0, 0.1) is 0 Å². The second-order valence-corrected chi connectivity index (χ2v) is 10.3. The Morgan fingerprint density at radius 1 is 1.00 bits per heavy atom. The molecule has 1 unspecified atom stereocenters. The lowest BCUT2D eigenvalue weighted by atomic mass is 9.93. The molecule has 2 aliphatic rings. The molecule has 3 heterocycles. The smallest absolute Gasteiger partial charge is 0.254 e. The second kappa shape index (κ2) is 10.4. The number of hydrogen-bond donors (Lipinski definition) is 0. The standard InChI is InChI=1S/C27H28ClN3O3S/c1-34-22-4-2-3-20(17-22)27(33)30-14-12-29(13-15-30)25(32)18-31-11-9-24-23(10-16-35-24)26(31)19-5-7-21(28)8-6-19/h2-8,10,16-17,26H,9,11-15,18H2,1H3. The lowest BCUT2D eigenvalue weighted by molar-refractivity contribution is -0.134. The average Bonchev–Trinajstić information content (AvgIpc) is 3.38. The molecular formula is C27H28ClN3O3S. The molecule has 35 heavy (non-hydrogen) atoms. The van der Waals surface area contributed by atoms with Crippen LogP contribution >= 0.6 is 22.9 Å². The quantitative estimate of drug-likeness (QED) is 0.513. The first-order valence-corrected chi connectivity index (χ1v) is 13.1. The molecule has 6 nitrogen and oxygen atoms in total. The lowest BCUT2D eigenvalue weighted by Gasteiger charge is -2.39. The normalized spacial score (nSPS) is 18.3. The Bertz CT molecular complexity index is 1200. The zero-order valence-electron chi connectivity index (χ0n) is 19.7. The molecule has 0 aliphatic carbocycles. The molecule has 1 fully saturated rings. The summed E-state index contributed by atoms with van der Waals surface area (Å²) in [6.07, 6.45) is 0.952. The van der Waals surface area contributed by atoms with E-state index in [2.05, 4.69) is 28.5 Å². The first-order valence-electron chi connectivity index (χ1n) is 11.8. The van der Waals surface area contributed by atoms with Gasteiger partial charge in [0.05, 0.1) is 19.7 Å². The summed E-state index contributed by atoms with van der Waals surface area (Å²) in [7, 11) is 1.59. The fourth-order valence-corrected chi connectivity index (χ4v) is 5.98. The molecule has 5 rings (SSSR count). The first kappa shape index (κ1) is 23.9. The maximum atomic E-state index is 13.3. The van der Waals surface area contributed by atoms with Crippen molar-refractivity contribution >= 4 is 34.8 Å². The number of carbonyl (C=O) groups is 2. The van der Waals surface area contributed by atoms with Crippen LogP contribution in [0.5, 0.6) is 5.75 Å². The zero-order chi connectivity index (χ0) is 24.4. The average molecular weight is 510 g/mol. The van der Waals surface area contributed by atoms with Gasteiger partial charge in [-0.2, -0.15) is 0 Å². The third-order valence-electron chi connectivity index (χ3n) is 6.83. The fourth-order valence-electron chi connectivity index (χ4n) is 4.95. The summed E-state index contributed by atoms with van der Waals surface area (Å²) in [5.74, 6) is 0.742. The third kappa shape index (κ3) is 5.08. The maximum Gasteiger partial charge on any atom is 0.254 e. The topological polar surface area (TPSA) is 53.1 Å². The van der Waals surface area contributed by atoms with Crippen molar-refractivity contribution in [2.45, 2.75) is 12.5 Å². The second-order valence-electron chi connectivity index (χ2n) is 8.88. The van der Waals surface area contributed by atoms with Crippen molar-refractivity contribution in [2.24, 2.45) is 0 Å². The molecular weight excluding hydrogens is 482 g/mol. The number of fused-ring (bicyclic) bond motifs is 1. The van der Waals surface area contributed by atoms with E-state index in [-0.39, 0.29) is 17.9 Å². The highest BCUT2D eigenvalue weighted by Crippen LogP contribution is 2.38. The van der Waals surface area contributed by atoms with Crippen LogP contribution in [0.3, 0.4) is 0 Å². The van der Waals surface area contributed by atoms with Crippen LogP contribution in [0.15, 0.2) is 60.0 Å². The predicted octanol–water partition coefficient (Wildman–Crippen LogP) is 4.34. The minimum Gasteiger partial charge on any atom is -0.497 e. The lowest BCUT2D eigenvalue weighted by Crippen LogP contribution is -2.53. The van der Waals surface area contributed by atoms with E-state index in [4.69, 9.17) is 16.3 Å². The van der Waals surface area contributed by atoms with Crippen molar-refractivity contribution in [2.75, 3.05) is 46.4 Å². The van der Waals surface area contributed by atoms with Gasteiger partial charge in [-0.1, -0.05) is 29.8 Å². The van der Waals surface area contributed by atoms with E-state index in [1.54, 1.807) is 30.6 Å².